The van der Waals surface area contributed by atoms with E-state index in [0.717, 1.165) is 41.4 Å². The van der Waals surface area contributed by atoms with Crippen molar-refractivity contribution >= 4 is 54.5 Å². The van der Waals surface area contributed by atoms with E-state index >= 15 is 0 Å². The molecule has 10 nitrogen and oxygen atoms in total. The number of benzene rings is 1. The third-order valence-electron chi connectivity index (χ3n) is 8.40. The first kappa shape index (κ1) is 26.0. The number of aliphatic carboxylic acids is 1. The van der Waals surface area contributed by atoms with Crippen LogP contribution in [0.25, 0.3) is 32.8 Å². The Labute approximate surface area is 238 Å². The van der Waals surface area contributed by atoms with Crippen molar-refractivity contribution in [2.75, 3.05) is 5.32 Å². The Balaban J connectivity index is 1.38. The van der Waals surface area contributed by atoms with Crippen LogP contribution in [0.15, 0.2) is 53.1 Å². The van der Waals surface area contributed by atoms with E-state index in [-0.39, 0.29) is 45.2 Å². The van der Waals surface area contributed by atoms with Crippen molar-refractivity contribution in [3.05, 3.63) is 59.6 Å². The molecule has 2 unspecified atom stereocenters. The molecule has 210 valence electrons. The minimum Gasteiger partial charge on any atom is -0.481 e. The second kappa shape index (κ2) is 9.55. The Kier molecular flexibility index (Phi) is 6.05. The molecule has 3 aliphatic carbocycles. The maximum absolute atomic E-state index is 14.5. The molecule has 41 heavy (non-hydrogen) atoms. The quantitative estimate of drug-likeness (QED) is 0.276. The number of pyridine rings is 1. The van der Waals surface area contributed by atoms with Gasteiger partial charge in [0.1, 0.15) is 16.2 Å². The van der Waals surface area contributed by atoms with E-state index in [1.807, 2.05) is 6.92 Å². The van der Waals surface area contributed by atoms with Gasteiger partial charge in [-0.25, -0.2) is 36.7 Å². The van der Waals surface area contributed by atoms with E-state index < -0.39 is 27.7 Å². The highest BCUT2D eigenvalue weighted by Gasteiger charge is 2.47. The highest BCUT2D eigenvalue weighted by atomic mass is 32.2. The summed E-state index contributed by atoms with van der Waals surface area (Å²) in [6.45, 7) is 1.86. The van der Waals surface area contributed by atoms with Crippen LogP contribution < -0.4 is 5.32 Å². The number of aryl methyl sites for hydroxylation is 1. The fraction of sp³-hybridized carbons (Fsp3) is 0.321. The molecule has 0 radical (unpaired) electrons. The van der Waals surface area contributed by atoms with Gasteiger partial charge in [-0.05, 0) is 62.6 Å². The second-order valence-electron chi connectivity index (χ2n) is 10.8. The second-order valence-corrected chi connectivity index (χ2v) is 13.4. The summed E-state index contributed by atoms with van der Waals surface area (Å²) in [5, 5.41) is 13.7. The van der Waals surface area contributed by atoms with Crippen molar-refractivity contribution in [3.63, 3.8) is 0 Å². The SMILES string of the molecule is Cc1ccc(S(=O)(=O)n2cc(-c3nc(NC4C5CCC(CC5)C4C(=O)O)c4ncsc4n3)c3cc(F)cnc32)cc1. The zero-order chi connectivity index (χ0) is 28.5. The van der Waals surface area contributed by atoms with Crippen molar-refractivity contribution in [3.8, 4) is 11.4 Å². The van der Waals surface area contributed by atoms with Crippen LogP contribution in [0.1, 0.15) is 31.2 Å². The van der Waals surface area contributed by atoms with E-state index in [0.29, 0.717) is 16.2 Å². The summed E-state index contributed by atoms with van der Waals surface area (Å²) in [6, 6.07) is 7.32. The maximum Gasteiger partial charge on any atom is 0.308 e. The van der Waals surface area contributed by atoms with E-state index in [4.69, 9.17) is 4.98 Å². The fourth-order valence-corrected chi connectivity index (χ4v) is 8.37. The Hall–Kier alpha value is -3.97. The van der Waals surface area contributed by atoms with Crippen LogP contribution >= 0.6 is 11.3 Å². The molecule has 3 aliphatic rings. The molecule has 8 rings (SSSR count). The van der Waals surface area contributed by atoms with Crippen LogP contribution in [0.2, 0.25) is 0 Å². The van der Waals surface area contributed by atoms with Crippen LogP contribution in [0.4, 0.5) is 10.2 Å². The Morgan fingerprint density at radius 1 is 1.10 bits per heavy atom. The summed E-state index contributed by atoms with van der Waals surface area (Å²) in [4.78, 5) is 30.8. The monoisotopic (exact) mass is 592 g/mol. The van der Waals surface area contributed by atoms with Gasteiger partial charge in [-0.2, -0.15) is 0 Å². The third-order valence-corrected chi connectivity index (χ3v) is 10.8. The lowest BCUT2D eigenvalue weighted by Crippen LogP contribution is -2.51. The number of fused-ring (bicyclic) bond motifs is 5. The van der Waals surface area contributed by atoms with E-state index in [1.54, 1.807) is 17.6 Å². The molecule has 1 aromatic carbocycles. The van der Waals surface area contributed by atoms with E-state index in [2.05, 4.69) is 20.3 Å². The summed E-state index contributed by atoms with van der Waals surface area (Å²) >= 11 is 1.28. The lowest BCUT2D eigenvalue weighted by Gasteiger charge is -2.47. The summed E-state index contributed by atoms with van der Waals surface area (Å²) in [7, 11) is -4.08. The number of nitrogens with one attached hydrogen (secondary N) is 1. The molecule has 0 amide bonds. The molecule has 0 aliphatic heterocycles. The number of hydrogen-bond acceptors (Lipinski definition) is 9. The zero-order valence-corrected chi connectivity index (χ0v) is 23.5. The molecule has 13 heteroatoms. The maximum atomic E-state index is 14.5. The number of carboxylic acids is 1. The van der Waals surface area contributed by atoms with Gasteiger partial charge in [-0.15, -0.1) is 11.3 Å². The lowest BCUT2D eigenvalue weighted by molar-refractivity contribution is -0.148. The van der Waals surface area contributed by atoms with Crippen molar-refractivity contribution < 1.29 is 22.7 Å². The first-order valence-corrected chi connectivity index (χ1v) is 15.6. The van der Waals surface area contributed by atoms with Gasteiger partial charge in [0.15, 0.2) is 17.3 Å². The van der Waals surface area contributed by atoms with Crippen LogP contribution in [-0.4, -0.2) is 49.4 Å². The summed E-state index contributed by atoms with van der Waals surface area (Å²) in [6.07, 6.45) is 6.01. The molecule has 4 aromatic heterocycles. The number of nitrogens with zero attached hydrogens (tertiary/aromatic N) is 5. The minimum atomic E-state index is -4.08. The Morgan fingerprint density at radius 2 is 1.83 bits per heavy atom. The van der Waals surface area contributed by atoms with Crippen molar-refractivity contribution in [1.29, 1.82) is 0 Å². The van der Waals surface area contributed by atoms with Crippen LogP contribution in [0, 0.1) is 30.5 Å². The molecular weight excluding hydrogens is 567 g/mol. The molecule has 2 atom stereocenters. The van der Waals surface area contributed by atoms with Gasteiger partial charge in [0, 0.05) is 23.2 Å². The Bertz CT molecular complexity index is 1930. The largest absolute Gasteiger partial charge is 0.481 e. The molecule has 5 aromatic rings. The van der Waals surface area contributed by atoms with Gasteiger partial charge in [-0.3, -0.25) is 4.79 Å². The average Bonchev–Trinajstić information content (AvgIpc) is 3.59. The first-order chi connectivity index (χ1) is 19.7. The van der Waals surface area contributed by atoms with Crippen molar-refractivity contribution in [2.24, 2.45) is 17.8 Å². The first-order valence-electron chi connectivity index (χ1n) is 13.3. The standard InChI is InChI=1S/C28H25FN6O4S2/c1-14-2-8-18(9-3-14)41(38,39)35-12-20(19-10-17(29)11-30-26(19)35)24-33-25(23-27(34-24)40-13-31-23)32-22-16-6-4-15(5-7-16)21(22)28(36)37/h2-3,8-13,15-16,21-22H,4-7H2,1H3,(H,36,37)(H,32,33,34). The molecule has 4 heterocycles. The fourth-order valence-electron chi connectivity index (χ4n) is 6.39. The number of aromatic nitrogens is 5. The minimum absolute atomic E-state index is 0.0417. The van der Waals surface area contributed by atoms with Gasteiger partial charge in [0.25, 0.3) is 10.0 Å². The molecular formula is C28H25FN6O4S2. The average molecular weight is 593 g/mol. The van der Waals surface area contributed by atoms with Gasteiger partial charge in [-0.1, -0.05) is 17.7 Å². The summed E-state index contributed by atoms with van der Waals surface area (Å²) in [5.41, 5.74) is 3.36. The molecule has 2 bridgehead atoms. The van der Waals surface area contributed by atoms with Crippen molar-refractivity contribution in [1.82, 2.24) is 23.9 Å². The normalized spacial score (nSPS) is 22.4. The number of thiazole rings is 1. The molecule has 2 N–H and O–H groups in total. The number of hydrogen-bond donors (Lipinski definition) is 2. The predicted molar refractivity (Wildman–Crippen MR) is 152 cm³/mol. The number of carbonyl (C=O) groups is 1. The number of halogens is 1. The summed E-state index contributed by atoms with van der Waals surface area (Å²) < 4.78 is 42.8. The molecule has 3 saturated carbocycles. The van der Waals surface area contributed by atoms with Gasteiger partial charge in [0.05, 0.1) is 22.5 Å². The smallest absolute Gasteiger partial charge is 0.308 e. The number of anilines is 1. The number of rotatable bonds is 6. The zero-order valence-electron chi connectivity index (χ0n) is 21.9. The third kappa shape index (κ3) is 4.25. The van der Waals surface area contributed by atoms with Crippen LogP contribution in [-0.2, 0) is 14.8 Å². The molecule has 3 fully saturated rings. The predicted octanol–water partition coefficient (Wildman–Crippen LogP) is 5.09. The lowest BCUT2D eigenvalue weighted by atomic mass is 9.61. The van der Waals surface area contributed by atoms with Crippen molar-refractivity contribution in [2.45, 2.75) is 43.5 Å². The van der Waals surface area contributed by atoms with Gasteiger partial charge < -0.3 is 10.4 Å². The van der Waals surface area contributed by atoms with E-state index in [1.165, 1.54) is 35.7 Å². The highest BCUT2D eigenvalue weighted by molar-refractivity contribution is 7.90. The number of carboxylic acid groups (broad SMARTS) is 1. The molecule has 0 spiro atoms. The van der Waals surface area contributed by atoms with Gasteiger partial charge >= 0.3 is 5.97 Å². The topological polar surface area (TPSA) is 140 Å². The Morgan fingerprint density at radius 3 is 2.56 bits per heavy atom. The van der Waals surface area contributed by atoms with Gasteiger partial charge in [0.2, 0.25) is 0 Å². The van der Waals surface area contributed by atoms with Crippen LogP contribution in [0.5, 0.6) is 0 Å². The highest BCUT2D eigenvalue weighted by Crippen LogP contribution is 2.47. The summed E-state index contributed by atoms with van der Waals surface area (Å²) in [5.74, 6) is -1.19. The van der Waals surface area contributed by atoms with E-state index in [9.17, 15) is 22.7 Å². The van der Waals surface area contributed by atoms with Crippen LogP contribution in [0.3, 0.4) is 0 Å². The molecule has 0 saturated heterocycles.